The minimum atomic E-state index is -0.555. The molecule has 1 saturated heterocycles. The monoisotopic (exact) mass is 287 g/mol. The lowest BCUT2D eigenvalue weighted by molar-refractivity contribution is -0.0878. The summed E-state index contributed by atoms with van der Waals surface area (Å²) in [4.78, 5) is 13.6. The van der Waals surface area contributed by atoms with Gasteiger partial charge in [0, 0.05) is 6.42 Å². The molecule has 0 aromatic heterocycles. The number of hydrogen-bond acceptors (Lipinski definition) is 4. The van der Waals surface area contributed by atoms with Crippen LogP contribution >= 0.6 is 0 Å². The fourth-order valence-electron chi connectivity index (χ4n) is 2.06. The predicted octanol–water partition coefficient (Wildman–Crippen LogP) is 2.42. The molecule has 1 N–H and O–H groups in total. The molecule has 0 spiro atoms. The van der Waals surface area contributed by atoms with Crippen molar-refractivity contribution in [1.29, 1.82) is 0 Å². The zero-order valence-corrected chi connectivity index (χ0v) is 13.5. The van der Waals surface area contributed by atoms with Gasteiger partial charge in [-0.05, 0) is 33.6 Å². The van der Waals surface area contributed by atoms with Crippen LogP contribution in [0.5, 0.6) is 0 Å². The zero-order valence-electron chi connectivity index (χ0n) is 13.5. The molecule has 5 nitrogen and oxygen atoms in total. The largest absolute Gasteiger partial charge is 0.444 e. The van der Waals surface area contributed by atoms with Crippen molar-refractivity contribution in [3.8, 4) is 0 Å². The Bertz CT molecular complexity index is 324. The van der Waals surface area contributed by atoms with E-state index in [-0.39, 0.29) is 18.3 Å². The van der Waals surface area contributed by atoms with Gasteiger partial charge in [0.15, 0.2) is 0 Å². The molecule has 1 amide bonds. The summed E-state index contributed by atoms with van der Waals surface area (Å²) in [5, 5.41) is 9.92. The highest BCUT2D eigenvalue weighted by atomic mass is 16.6. The van der Waals surface area contributed by atoms with Crippen LogP contribution in [0, 0.1) is 5.92 Å². The van der Waals surface area contributed by atoms with E-state index in [0.29, 0.717) is 25.4 Å². The number of carbonyl (C=O) groups is 1. The average Bonchev–Trinajstić information content (AvgIpc) is 2.25. The Labute approximate surface area is 122 Å². The predicted molar refractivity (Wildman–Crippen MR) is 77.6 cm³/mol. The van der Waals surface area contributed by atoms with Gasteiger partial charge < -0.3 is 19.5 Å². The van der Waals surface area contributed by atoms with E-state index in [1.807, 2.05) is 27.7 Å². The van der Waals surface area contributed by atoms with E-state index in [2.05, 4.69) is 13.8 Å². The molecule has 3 atom stereocenters. The van der Waals surface area contributed by atoms with E-state index in [1.165, 1.54) is 4.90 Å². The Balaban J connectivity index is 2.59. The number of aliphatic hydroxyl groups excluding tert-OH is 1. The first-order chi connectivity index (χ1) is 9.08. The van der Waals surface area contributed by atoms with Crippen molar-refractivity contribution < 1.29 is 19.4 Å². The summed E-state index contributed by atoms with van der Waals surface area (Å²) in [6.45, 7) is 12.5. The van der Waals surface area contributed by atoms with Crippen LogP contribution in [0.3, 0.4) is 0 Å². The maximum absolute atomic E-state index is 12.1. The Hall–Kier alpha value is -0.810. The summed E-state index contributed by atoms with van der Waals surface area (Å²) >= 11 is 0. The molecule has 1 rings (SSSR count). The normalized spacial score (nSPS) is 25.7. The highest BCUT2D eigenvalue weighted by Gasteiger charge is 2.33. The van der Waals surface area contributed by atoms with Crippen molar-refractivity contribution in [3.63, 3.8) is 0 Å². The maximum atomic E-state index is 12.1. The van der Waals surface area contributed by atoms with Gasteiger partial charge >= 0.3 is 6.09 Å². The molecule has 1 fully saturated rings. The number of rotatable bonds is 3. The topological polar surface area (TPSA) is 59.0 Å². The molecule has 0 saturated carbocycles. The molecule has 5 heteroatoms. The van der Waals surface area contributed by atoms with Crippen LogP contribution < -0.4 is 0 Å². The molecule has 1 aliphatic rings. The summed E-state index contributed by atoms with van der Waals surface area (Å²) in [7, 11) is 0. The highest BCUT2D eigenvalue weighted by Crippen LogP contribution is 2.20. The van der Waals surface area contributed by atoms with Gasteiger partial charge in [-0.1, -0.05) is 13.8 Å². The Morgan fingerprint density at radius 3 is 2.35 bits per heavy atom. The van der Waals surface area contributed by atoms with Crippen molar-refractivity contribution in [2.24, 2.45) is 5.92 Å². The quantitative estimate of drug-likeness (QED) is 0.866. The number of piperidine rings is 1. The maximum Gasteiger partial charge on any atom is 0.410 e. The lowest BCUT2D eigenvalue weighted by Gasteiger charge is -2.37. The molecule has 0 aromatic carbocycles. The van der Waals surface area contributed by atoms with Crippen LogP contribution in [0.1, 0.15) is 48.0 Å². The van der Waals surface area contributed by atoms with Crippen molar-refractivity contribution in [3.05, 3.63) is 0 Å². The van der Waals surface area contributed by atoms with Crippen LogP contribution in [-0.4, -0.2) is 53.1 Å². The number of aliphatic hydroxyl groups is 1. The number of β-amino-alcohol motifs (C(OH)–C–C–N with tert-alkyl or cyclic N) is 1. The highest BCUT2D eigenvalue weighted by molar-refractivity contribution is 5.68. The third-order valence-electron chi connectivity index (χ3n) is 3.39. The smallest absolute Gasteiger partial charge is 0.410 e. The van der Waals surface area contributed by atoms with Gasteiger partial charge in [-0.2, -0.15) is 0 Å². The second kappa shape index (κ2) is 6.76. The van der Waals surface area contributed by atoms with Crippen LogP contribution in [0.4, 0.5) is 4.79 Å². The van der Waals surface area contributed by atoms with Crippen LogP contribution in [0.2, 0.25) is 0 Å². The first-order valence-corrected chi connectivity index (χ1v) is 7.40. The SMILES string of the molecule is CC(C)[C@H](C)O[C@@H]1C[C@@H](O)CN(C(=O)OC(C)(C)C)C1. The van der Waals surface area contributed by atoms with Gasteiger partial charge in [-0.25, -0.2) is 4.79 Å². The molecule has 1 heterocycles. The Morgan fingerprint density at radius 1 is 1.25 bits per heavy atom. The zero-order chi connectivity index (χ0) is 15.5. The molecule has 0 unspecified atom stereocenters. The number of amides is 1. The number of ether oxygens (including phenoxy) is 2. The summed E-state index contributed by atoms with van der Waals surface area (Å²) in [6.07, 6.45) is -0.409. The van der Waals surface area contributed by atoms with E-state index in [9.17, 15) is 9.90 Å². The number of carbonyl (C=O) groups excluding carboxylic acids is 1. The van der Waals surface area contributed by atoms with Gasteiger partial charge in [0.25, 0.3) is 0 Å². The molecular formula is C15H29NO4. The van der Waals surface area contributed by atoms with Gasteiger partial charge in [0.2, 0.25) is 0 Å². The second-order valence-corrected chi connectivity index (χ2v) is 6.98. The minimum absolute atomic E-state index is 0.103. The van der Waals surface area contributed by atoms with Gasteiger partial charge in [0.05, 0.1) is 31.4 Å². The van der Waals surface area contributed by atoms with Crippen molar-refractivity contribution in [1.82, 2.24) is 4.90 Å². The fourth-order valence-corrected chi connectivity index (χ4v) is 2.06. The first kappa shape index (κ1) is 17.2. The third kappa shape index (κ3) is 5.67. The van der Waals surface area contributed by atoms with E-state index >= 15 is 0 Å². The first-order valence-electron chi connectivity index (χ1n) is 7.40. The van der Waals surface area contributed by atoms with E-state index in [4.69, 9.17) is 9.47 Å². The van der Waals surface area contributed by atoms with E-state index in [0.717, 1.165) is 0 Å². The van der Waals surface area contributed by atoms with Crippen molar-refractivity contribution in [2.75, 3.05) is 13.1 Å². The minimum Gasteiger partial charge on any atom is -0.444 e. The van der Waals surface area contributed by atoms with Gasteiger partial charge in [0.1, 0.15) is 5.60 Å². The Morgan fingerprint density at radius 2 is 1.85 bits per heavy atom. The average molecular weight is 287 g/mol. The second-order valence-electron chi connectivity index (χ2n) is 6.98. The summed E-state index contributed by atoms with van der Waals surface area (Å²) in [5.41, 5.74) is -0.527. The summed E-state index contributed by atoms with van der Waals surface area (Å²) < 4.78 is 11.3. The van der Waals surface area contributed by atoms with Crippen molar-refractivity contribution >= 4 is 6.09 Å². The Kier molecular flexibility index (Phi) is 5.83. The molecular weight excluding hydrogens is 258 g/mol. The molecule has 1 aliphatic heterocycles. The molecule has 0 bridgehead atoms. The molecule has 20 heavy (non-hydrogen) atoms. The molecule has 0 aromatic rings. The van der Waals surface area contributed by atoms with E-state index < -0.39 is 11.7 Å². The lowest BCUT2D eigenvalue weighted by atomic mass is 10.0. The third-order valence-corrected chi connectivity index (χ3v) is 3.39. The van der Waals surface area contributed by atoms with Crippen LogP contribution in [0.25, 0.3) is 0 Å². The van der Waals surface area contributed by atoms with Gasteiger partial charge in [-0.15, -0.1) is 0 Å². The number of nitrogens with zero attached hydrogens (tertiary/aromatic N) is 1. The van der Waals surface area contributed by atoms with Gasteiger partial charge in [-0.3, -0.25) is 0 Å². The fraction of sp³-hybridized carbons (Fsp3) is 0.933. The summed E-state index contributed by atoms with van der Waals surface area (Å²) in [6, 6.07) is 0. The van der Waals surface area contributed by atoms with Crippen LogP contribution in [-0.2, 0) is 9.47 Å². The lowest BCUT2D eigenvalue weighted by Crippen LogP contribution is -2.51. The molecule has 118 valence electrons. The number of hydrogen-bond donors (Lipinski definition) is 1. The number of likely N-dealkylation sites (tertiary alicyclic amines) is 1. The molecule has 0 radical (unpaired) electrons. The standard InChI is InChI=1S/C15H29NO4/c1-10(2)11(3)19-13-7-12(17)8-16(9-13)14(18)20-15(4,5)6/h10-13,17H,7-9H2,1-6H3/t11-,12+,13+/m0/s1. The van der Waals surface area contributed by atoms with Crippen molar-refractivity contribution in [2.45, 2.75) is 71.9 Å². The van der Waals surface area contributed by atoms with Crippen LogP contribution in [0.15, 0.2) is 0 Å². The van der Waals surface area contributed by atoms with E-state index in [1.54, 1.807) is 0 Å². The molecule has 0 aliphatic carbocycles. The summed E-state index contributed by atoms with van der Waals surface area (Å²) in [5.74, 6) is 0.407.